The number of amides is 1. The predicted molar refractivity (Wildman–Crippen MR) is 78.3 cm³/mol. The van der Waals surface area contributed by atoms with Crippen LogP contribution in [-0.4, -0.2) is 25.1 Å². The van der Waals surface area contributed by atoms with Gasteiger partial charge in [-0.05, 0) is 24.3 Å². The number of nitrogens with one attached hydrogen (secondary N) is 1. The number of alkyl halides is 2. The highest BCUT2D eigenvalue weighted by molar-refractivity contribution is 5.96. The smallest absolute Gasteiger partial charge is 0.387 e. The molecule has 0 heterocycles. The molecule has 1 amide bonds. The minimum absolute atomic E-state index is 0.0585. The van der Waals surface area contributed by atoms with Crippen LogP contribution in [0.4, 0.5) is 23.2 Å². The summed E-state index contributed by atoms with van der Waals surface area (Å²) in [7, 11) is 0. The lowest BCUT2D eigenvalue weighted by molar-refractivity contribution is -0.119. The van der Waals surface area contributed by atoms with Gasteiger partial charge in [0, 0.05) is 6.07 Å². The summed E-state index contributed by atoms with van der Waals surface area (Å²) in [6, 6.07) is 7.63. The van der Waals surface area contributed by atoms with E-state index in [1.807, 2.05) is 0 Å². The maximum atomic E-state index is 13.4. The zero-order chi connectivity index (χ0) is 18.4. The molecule has 1 N–H and O–H groups in total. The van der Waals surface area contributed by atoms with Crippen LogP contribution >= 0.6 is 0 Å². The number of rotatable bonds is 6. The molecule has 9 heteroatoms. The monoisotopic (exact) mass is 357 g/mol. The molecular formula is C16H11F4NO4. The van der Waals surface area contributed by atoms with E-state index in [1.165, 1.54) is 24.3 Å². The van der Waals surface area contributed by atoms with E-state index in [1.54, 1.807) is 0 Å². The summed E-state index contributed by atoms with van der Waals surface area (Å²) in [4.78, 5) is 23.4. The summed E-state index contributed by atoms with van der Waals surface area (Å²) in [5.41, 5.74) is -0.604. The molecular weight excluding hydrogens is 346 g/mol. The van der Waals surface area contributed by atoms with E-state index < -0.39 is 42.3 Å². The van der Waals surface area contributed by atoms with Crippen LogP contribution in [0.2, 0.25) is 0 Å². The lowest BCUT2D eigenvalue weighted by atomic mass is 10.2. The summed E-state index contributed by atoms with van der Waals surface area (Å²) < 4.78 is 59.6. The van der Waals surface area contributed by atoms with Gasteiger partial charge in [-0.25, -0.2) is 13.6 Å². The van der Waals surface area contributed by atoms with Gasteiger partial charge in [0.15, 0.2) is 6.61 Å². The van der Waals surface area contributed by atoms with Crippen molar-refractivity contribution in [3.05, 3.63) is 59.7 Å². The van der Waals surface area contributed by atoms with E-state index in [0.29, 0.717) is 6.07 Å². The highest BCUT2D eigenvalue weighted by Gasteiger charge is 2.16. The van der Waals surface area contributed by atoms with Crippen LogP contribution in [0.1, 0.15) is 10.4 Å². The van der Waals surface area contributed by atoms with E-state index >= 15 is 0 Å². The molecule has 0 radical (unpaired) electrons. The van der Waals surface area contributed by atoms with Crippen LogP contribution < -0.4 is 10.1 Å². The Morgan fingerprint density at radius 2 is 1.80 bits per heavy atom. The van der Waals surface area contributed by atoms with Crippen LogP contribution in [0, 0.1) is 11.6 Å². The number of anilines is 1. The van der Waals surface area contributed by atoms with Gasteiger partial charge in [0.25, 0.3) is 5.91 Å². The normalized spacial score (nSPS) is 10.4. The van der Waals surface area contributed by atoms with E-state index in [-0.39, 0.29) is 11.4 Å². The zero-order valence-corrected chi connectivity index (χ0v) is 12.5. The first-order valence-electron chi connectivity index (χ1n) is 6.82. The molecule has 0 aliphatic carbocycles. The van der Waals surface area contributed by atoms with Gasteiger partial charge in [-0.2, -0.15) is 8.78 Å². The molecule has 2 rings (SSSR count). The molecule has 5 nitrogen and oxygen atoms in total. The third kappa shape index (κ3) is 5.20. The van der Waals surface area contributed by atoms with E-state index in [4.69, 9.17) is 0 Å². The molecule has 2 aromatic carbocycles. The number of carbonyl (C=O) groups excluding carboxylic acids is 2. The lowest BCUT2D eigenvalue weighted by Gasteiger charge is -2.11. The van der Waals surface area contributed by atoms with Crippen molar-refractivity contribution in [2.24, 2.45) is 0 Å². The fourth-order valence-electron chi connectivity index (χ4n) is 1.82. The molecule has 2 aromatic rings. The van der Waals surface area contributed by atoms with Crippen molar-refractivity contribution < 1.29 is 36.6 Å². The third-order valence-corrected chi connectivity index (χ3v) is 2.86. The molecule has 0 bridgehead atoms. The number of halogens is 4. The summed E-state index contributed by atoms with van der Waals surface area (Å²) in [6.45, 7) is -3.89. The molecule has 0 saturated heterocycles. The Labute approximate surface area is 139 Å². The number of carbonyl (C=O) groups is 2. The Bertz CT molecular complexity index is 782. The van der Waals surface area contributed by atoms with Crippen molar-refractivity contribution in [2.75, 3.05) is 11.9 Å². The molecule has 0 saturated carbocycles. The molecule has 0 atom stereocenters. The first-order chi connectivity index (χ1) is 11.9. The fourth-order valence-corrected chi connectivity index (χ4v) is 1.82. The van der Waals surface area contributed by atoms with Gasteiger partial charge in [0.05, 0.1) is 11.3 Å². The highest BCUT2D eigenvalue weighted by Crippen LogP contribution is 2.25. The van der Waals surface area contributed by atoms with Gasteiger partial charge < -0.3 is 14.8 Å². The van der Waals surface area contributed by atoms with Gasteiger partial charge >= 0.3 is 12.6 Å². The Morgan fingerprint density at radius 1 is 1.08 bits per heavy atom. The number of esters is 1. The van der Waals surface area contributed by atoms with Gasteiger partial charge in [-0.1, -0.05) is 12.1 Å². The number of hydrogen-bond acceptors (Lipinski definition) is 4. The largest absolute Gasteiger partial charge is 0.452 e. The summed E-state index contributed by atoms with van der Waals surface area (Å²) >= 11 is 0. The predicted octanol–water partition coefficient (Wildman–Crippen LogP) is 3.36. The van der Waals surface area contributed by atoms with Gasteiger partial charge in [0.2, 0.25) is 0 Å². The van der Waals surface area contributed by atoms with Crippen LogP contribution in [0.15, 0.2) is 42.5 Å². The average Bonchev–Trinajstić information content (AvgIpc) is 2.54. The van der Waals surface area contributed by atoms with Gasteiger partial charge in [-0.15, -0.1) is 0 Å². The van der Waals surface area contributed by atoms with Crippen LogP contribution in [0.3, 0.4) is 0 Å². The molecule has 0 aliphatic heterocycles. The minimum atomic E-state index is -3.09. The van der Waals surface area contributed by atoms with Crippen molar-refractivity contribution in [1.82, 2.24) is 0 Å². The molecule has 0 unspecified atom stereocenters. The Kier molecular flexibility index (Phi) is 5.93. The van der Waals surface area contributed by atoms with Crippen molar-refractivity contribution in [3.8, 4) is 5.75 Å². The quantitative estimate of drug-likeness (QED) is 0.636. The van der Waals surface area contributed by atoms with Crippen molar-refractivity contribution in [2.45, 2.75) is 6.61 Å². The first kappa shape index (κ1) is 18.2. The number of para-hydroxylation sites is 2. The Morgan fingerprint density at radius 3 is 2.48 bits per heavy atom. The standard InChI is InChI=1S/C16H11F4NO4/c17-9-5-6-10(11(18)7-9)15(23)24-8-14(22)21-12-3-1-2-4-13(12)25-16(19)20/h1-7,16H,8H2,(H,21,22). The first-order valence-corrected chi connectivity index (χ1v) is 6.82. The zero-order valence-electron chi connectivity index (χ0n) is 12.5. The Balaban J connectivity index is 1.96. The SMILES string of the molecule is O=C(COC(=O)c1ccc(F)cc1F)Nc1ccccc1OC(F)F. The summed E-state index contributed by atoms with van der Waals surface area (Å²) in [5, 5.41) is 2.22. The summed E-state index contributed by atoms with van der Waals surface area (Å²) in [5.74, 6) is -4.32. The molecule has 0 spiro atoms. The second kappa shape index (κ2) is 8.13. The van der Waals surface area contributed by atoms with E-state index in [9.17, 15) is 27.2 Å². The van der Waals surface area contributed by atoms with E-state index in [0.717, 1.165) is 12.1 Å². The molecule has 132 valence electrons. The topological polar surface area (TPSA) is 64.6 Å². The highest BCUT2D eigenvalue weighted by atomic mass is 19.3. The third-order valence-electron chi connectivity index (χ3n) is 2.86. The van der Waals surface area contributed by atoms with Crippen LogP contribution in [-0.2, 0) is 9.53 Å². The van der Waals surface area contributed by atoms with Gasteiger partial charge in [-0.3, -0.25) is 4.79 Å². The second-order valence-corrected chi connectivity index (χ2v) is 4.62. The van der Waals surface area contributed by atoms with Gasteiger partial charge in [0.1, 0.15) is 17.4 Å². The molecule has 0 aromatic heterocycles. The maximum Gasteiger partial charge on any atom is 0.387 e. The minimum Gasteiger partial charge on any atom is -0.452 e. The number of benzene rings is 2. The van der Waals surface area contributed by atoms with Crippen LogP contribution in [0.5, 0.6) is 5.75 Å². The lowest BCUT2D eigenvalue weighted by Crippen LogP contribution is -2.22. The second-order valence-electron chi connectivity index (χ2n) is 4.62. The van der Waals surface area contributed by atoms with Crippen molar-refractivity contribution in [1.29, 1.82) is 0 Å². The fraction of sp³-hybridized carbons (Fsp3) is 0.125. The molecule has 0 aliphatic rings. The molecule has 25 heavy (non-hydrogen) atoms. The van der Waals surface area contributed by atoms with Crippen molar-refractivity contribution >= 4 is 17.6 Å². The maximum absolute atomic E-state index is 13.4. The number of hydrogen-bond donors (Lipinski definition) is 1. The van der Waals surface area contributed by atoms with E-state index in [2.05, 4.69) is 14.8 Å². The van der Waals surface area contributed by atoms with Crippen molar-refractivity contribution in [3.63, 3.8) is 0 Å². The van der Waals surface area contributed by atoms with Crippen LogP contribution in [0.25, 0.3) is 0 Å². The molecule has 0 fully saturated rings. The number of ether oxygens (including phenoxy) is 2. The Hall–Kier alpha value is -3.10. The average molecular weight is 357 g/mol. The summed E-state index contributed by atoms with van der Waals surface area (Å²) in [6.07, 6.45) is 0.